The molecule has 0 spiro atoms. The lowest BCUT2D eigenvalue weighted by Crippen LogP contribution is -2.37. The first-order chi connectivity index (χ1) is 16.1. The van der Waals surface area contributed by atoms with E-state index in [1.165, 1.54) is 17.0 Å². The van der Waals surface area contributed by atoms with E-state index in [1.807, 2.05) is 54.3 Å². The topological polar surface area (TPSA) is 53.5 Å². The third-order valence-corrected chi connectivity index (χ3v) is 5.86. The number of benzene rings is 2. The Hall–Kier alpha value is -3.80. The highest BCUT2D eigenvalue weighted by atomic mass is 19.1. The van der Waals surface area contributed by atoms with Crippen LogP contribution >= 0.6 is 0 Å². The molecule has 6 heteroatoms. The summed E-state index contributed by atoms with van der Waals surface area (Å²) in [7, 11) is 0. The maximum absolute atomic E-state index is 13.5. The maximum Gasteiger partial charge on any atom is 0.277 e. The molecule has 168 valence electrons. The van der Waals surface area contributed by atoms with Crippen LogP contribution in [0.15, 0.2) is 84.8 Å². The summed E-state index contributed by atoms with van der Waals surface area (Å²) >= 11 is 0. The van der Waals surface area contributed by atoms with Gasteiger partial charge in [0.25, 0.3) is 11.8 Å². The van der Waals surface area contributed by atoms with Crippen molar-refractivity contribution in [2.45, 2.75) is 19.8 Å². The summed E-state index contributed by atoms with van der Waals surface area (Å²) in [6.07, 6.45) is 4.71. The first-order valence-electron chi connectivity index (χ1n) is 11.1. The molecule has 2 heterocycles. The Kier molecular flexibility index (Phi) is 6.93. The number of carbonyl (C=O) groups is 2. The smallest absolute Gasteiger partial charge is 0.277 e. The summed E-state index contributed by atoms with van der Waals surface area (Å²) in [5.41, 5.74) is 3.61. The van der Waals surface area contributed by atoms with Crippen LogP contribution in [0.1, 0.15) is 23.6 Å². The molecule has 33 heavy (non-hydrogen) atoms. The molecule has 0 unspecified atom stereocenters. The Labute approximate surface area is 193 Å². The molecule has 0 aliphatic carbocycles. The van der Waals surface area contributed by atoms with Crippen LogP contribution in [0.3, 0.4) is 0 Å². The molecule has 1 aliphatic rings. The van der Waals surface area contributed by atoms with Crippen molar-refractivity contribution < 1.29 is 14.0 Å². The quantitative estimate of drug-likeness (QED) is 0.467. The van der Waals surface area contributed by atoms with Crippen molar-refractivity contribution in [1.82, 2.24) is 14.8 Å². The van der Waals surface area contributed by atoms with Crippen LogP contribution in [-0.2, 0) is 22.4 Å². The molecule has 0 saturated heterocycles. The molecular weight excluding hydrogens is 417 g/mol. The third kappa shape index (κ3) is 5.00. The number of carbonyl (C=O) groups excluding carboxylic acids is 2. The Balaban J connectivity index is 1.61. The molecule has 0 bridgehead atoms. The van der Waals surface area contributed by atoms with Crippen LogP contribution in [0, 0.1) is 5.82 Å². The zero-order chi connectivity index (χ0) is 23.2. The molecule has 0 atom stereocenters. The number of hydrogen-bond acceptors (Lipinski definition) is 4. The first kappa shape index (κ1) is 22.4. The Bertz CT molecular complexity index is 1150. The van der Waals surface area contributed by atoms with Crippen LogP contribution in [0.2, 0.25) is 0 Å². The summed E-state index contributed by atoms with van der Waals surface area (Å²) in [6.45, 7) is 3.44. The van der Waals surface area contributed by atoms with Crippen LogP contribution in [0.5, 0.6) is 0 Å². The van der Waals surface area contributed by atoms with Crippen molar-refractivity contribution in [2.75, 3.05) is 19.6 Å². The minimum absolute atomic E-state index is 0.241. The monoisotopic (exact) mass is 443 g/mol. The SMILES string of the molecule is CCN(CCc1ccncc1)C1=C(c2ccccc2)C(=O)N(CCc2ccc(F)cc2)C1=O. The second kappa shape index (κ2) is 10.2. The van der Waals surface area contributed by atoms with Crippen LogP contribution in [-0.4, -0.2) is 46.2 Å². The summed E-state index contributed by atoms with van der Waals surface area (Å²) in [6, 6.07) is 19.4. The molecule has 2 aromatic carbocycles. The van der Waals surface area contributed by atoms with Gasteiger partial charge in [-0.3, -0.25) is 19.5 Å². The van der Waals surface area contributed by atoms with E-state index in [-0.39, 0.29) is 24.2 Å². The maximum atomic E-state index is 13.5. The van der Waals surface area contributed by atoms with E-state index in [2.05, 4.69) is 4.98 Å². The van der Waals surface area contributed by atoms with Crippen molar-refractivity contribution in [3.63, 3.8) is 0 Å². The number of pyridine rings is 1. The third-order valence-electron chi connectivity index (χ3n) is 5.86. The van der Waals surface area contributed by atoms with Gasteiger partial charge in [0.1, 0.15) is 11.5 Å². The summed E-state index contributed by atoms with van der Waals surface area (Å²) in [5.74, 6) is -0.876. The Morgan fingerprint density at radius 3 is 2.18 bits per heavy atom. The molecule has 3 aromatic rings. The molecule has 0 saturated carbocycles. The molecule has 1 aliphatic heterocycles. The van der Waals surface area contributed by atoms with Crippen molar-refractivity contribution >= 4 is 17.4 Å². The van der Waals surface area contributed by atoms with Gasteiger partial charge in [0, 0.05) is 32.0 Å². The van der Waals surface area contributed by atoms with E-state index in [0.29, 0.717) is 30.8 Å². The number of halogens is 1. The van der Waals surface area contributed by atoms with E-state index < -0.39 is 0 Å². The summed E-state index contributed by atoms with van der Waals surface area (Å²) in [4.78, 5) is 34.3. The highest BCUT2D eigenvalue weighted by Gasteiger charge is 2.40. The first-order valence-corrected chi connectivity index (χ1v) is 11.1. The minimum atomic E-state index is -0.310. The van der Waals surface area contributed by atoms with E-state index >= 15 is 0 Å². The molecule has 5 nitrogen and oxygen atoms in total. The number of hydrogen-bond donors (Lipinski definition) is 0. The summed E-state index contributed by atoms with van der Waals surface area (Å²) < 4.78 is 13.2. The lowest BCUT2D eigenvalue weighted by atomic mass is 10.0. The lowest BCUT2D eigenvalue weighted by molar-refractivity contribution is -0.137. The van der Waals surface area contributed by atoms with Gasteiger partial charge in [-0.05, 0) is 60.7 Å². The summed E-state index contributed by atoms with van der Waals surface area (Å²) in [5, 5.41) is 0. The van der Waals surface area contributed by atoms with Crippen molar-refractivity contribution in [2.24, 2.45) is 0 Å². The van der Waals surface area contributed by atoms with Crippen LogP contribution in [0.25, 0.3) is 5.57 Å². The second-order valence-electron chi connectivity index (χ2n) is 7.91. The molecule has 1 aromatic heterocycles. The lowest BCUT2D eigenvalue weighted by Gasteiger charge is -2.25. The number of nitrogens with zero attached hydrogens (tertiary/aromatic N) is 3. The van der Waals surface area contributed by atoms with Crippen molar-refractivity contribution in [3.8, 4) is 0 Å². The average Bonchev–Trinajstić information content (AvgIpc) is 3.10. The highest BCUT2D eigenvalue weighted by molar-refractivity contribution is 6.35. The Morgan fingerprint density at radius 2 is 1.52 bits per heavy atom. The molecule has 0 fully saturated rings. The normalized spacial score (nSPS) is 13.7. The van der Waals surface area contributed by atoms with Gasteiger partial charge in [0.15, 0.2) is 0 Å². The highest BCUT2D eigenvalue weighted by Crippen LogP contribution is 2.32. The van der Waals surface area contributed by atoms with Gasteiger partial charge >= 0.3 is 0 Å². The fourth-order valence-corrected chi connectivity index (χ4v) is 4.06. The molecule has 4 rings (SSSR count). The molecule has 0 N–H and O–H groups in total. The Morgan fingerprint density at radius 1 is 0.848 bits per heavy atom. The molecule has 0 radical (unpaired) electrons. The van der Waals surface area contributed by atoms with E-state index in [0.717, 1.165) is 23.1 Å². The van der Waals surface area contributed by atoms with Crippen molar-refractivity contribution in [1.29, 1.82) is 0 Å². The zero-order valence-corrected chi connectivity index (χ0v) is 18.6. The number of likely N-dealkylation sites (N-methyl/N-ethyl adjacent to an activating group) is 1. The van der Waals surface area contributed by atoms with E-state index in [1.54, 1.807) is 24.5 Å². The number of amides is 2. The van der Waals surface area contributed by atoms with Gasteiger partial charge in [-0.25, -0.2) is 4.39 Å². The van der Waals surface area contributed by atoms with Gasteiger partial charge in [-0.1, -0.05) is 42.5 Å². The fourth-order valence-electron chi connectivity index (χ4n) is 4.06. The minimum Gasteiger partial charge on any atom is -0.366 e. The van der Waals surface area contributed by atoms with Crippen LogP contribution in [0.4, 0.5) is 4.39 Å². The second-order valence-corrected chi connectivity index (χ2v) is 7.91. The zero-order valence-electron chi connectivity index (χ0n) is 18.6. The largest absolute Gasteiger partial charge is 0.366 e. The van der Waals surface area contributed by atoms with Gasteiger partial charge < -0.3 is 4.90 Å². The van der Waals surface area contributed by atoms with Gasteiger partial charge in [-0.15, -0.1) is 0 Å². The molecular formula is C27H26FN3O2. The predicted molar refractivity (Wildman–Crippen MR) is 125 cm³/mol. The molecule has 2 amide bonds. The van der Waals surface area contributed by atoms with Gasteiger partial charge in [0.2, 0.25) is 0 Å². The van der Waals surface area contributed by atoms with E-state index in [9.17, 15) is 14.0 Å². The predicted octanol–water partition coefficient (Wildman–Crippen LogP) is 4.11. The standard InChI is InChI=1S/C27H26FN3O2/c1-2-30(18-14-21-12-16-29-17-13-21)25-24(22-6-4-3-5-7-22)26(32)31(27(25)33)19-15-20-8-10-23(28)11-9-20/h3-13,16-17H,2,14-15,18-19H2,1H3. The average molecular weight is 444 g/mol. The van der Waals surface area contributed by atoms with Crippen molar-refractivity contribution in [3.05, 3.63) is 107 Å². The fraction of sp³-hybridized carbons (Fsp3) is 0.222. The van der Waals surface area contributed by atoms with E-state index in [4.69, 9.17) is 0 Å². The van der Waals surface area contributed by atoms with Gasteiger partial charge in [0.05, 0.1) is 5.57 Å². The number of aromatic nitrogens is 1. The number of imide groups is 1. The number of rotatable bonds is 9. The van der Waals surface area contributed by atoms with Gasteiger partial charge in [-0.2, -0.15) is 0 Å². The van der Waals surface area contributed by atoms with Crippen LogP contribution < -0.4 is 0 Å².